The SMILES string of the molecule is O=C(CCCCn1cnc2c(cnn2-c2ccccc2)c1=O)NO. The second-order valence-corrected chi connectivity index (χ2v) is 5.36. The number of carbonyl (C=O) groups is 1. The average Bonchev–Trinajstić information content (AvgIpc) is 3.05. The lowest BCUT2D eigenvalue weighted by Gasteiger charge is -2.06. The van der Waals surface area contributed by atoms with Gasteiger partial charge < -0.3 is 0 Å². The fourth-order valence-electron chi connectivity index (χ4n) is 2.49. The van der Waals surface area contributed by atoms with E-state index >= 15 is 0 Å². The van der Waals surface area contributed by atoms with E-state index in [2.05, 4.69) is 10.1 Å². The van der Waals surface area contributed by atoms with E-state index in [0.29, 0.717) is 30.4 Å². The predicted molar refractivity (Wildman–Crippen MR) is 86.9 cm³/mol. The van der Waals surface area contributed by atoms with Crippen molar-refractivity contribution >= 4 is 16.9 Å². The molecule has 8 nitrogen and oxygen atoms in total. The topological polar surface area (TPSA) is 102 Å². The van der Waals surface area contributed by atoms with E-state index in [4.69, 9.17) is 5.21 Å². The molecule has 0 fully saturated rings. The quantitative estimate of drug-likeness (QED) is 0.403. The van der Waals surface area contributed by atoms with E-state index in [9.17, 15) is 9.59 Å². The molecular formula is C16H17N5O3. The molecule has 0 aliphatic rings. The normalized spacial score (nSPS) is 10.9. The zero-order chi connectivity index (χ0) is 16.9. The van der Waals surface area contributed by atoms with Crippen LogP contribution in [-0.4, -0.2) is 30.4 Å². The predicted octanol–water partition coefficient (Wildman–Crippen LogP) is 1.26. The van der Waals surface area contributed by atoms with Crippen LogP contribution in [0, 0.1) is 0 Å². The van der Waals surface area contributed by atoms with Gasteiger partial charge in [-0.2, -0.15) is 5.10 Å². The van der Waals surface area contributed by atoms with E-state index in [-0.39, 0.29) is 12.0 Å². The highest BCUT2D eigenvalue weighted by molar-refractivity contribution is 5.75. The number of aromatic nitrogens is 4. The molecule has 0 aliphatic carbocycles. The van der Waals surface area contributed by atoms with E-state index in [1.807, 2.05) is 30.3 Å². The number of carbonyl (C=O) groups excluding carboxylic acids is 1. The number of fused-ring (bicyclic) bond motifs is 1. The van der Waals surface area contributed by atoms with Gasteiger partial charge in [0.05, 0.1) is 18.2 Å². The molecule has 0 atom stereocenters. The number of hydrogen-bond acceptors (Lipinski definition) is 5. The fourth-order valence-corrected chi connectivity index (χ4v) is 2.49. The third-order valence-corrected chi connectivity index (χ3v) is 3.73. The van der Waals surface area contributed by atoms with E-state index in [1.54, 1.807) is 10.2 Å². The van der Waals surface area contributed by atoms with Crippen LogP contribution in [0.25, 0.3) is 16.7 Å². The summed E-state index contributed by atoms with van der Waals surface area (Å²) in [5.74, 6) is -0.430. The zero-order valence-electron chi connectivity index (χ0n) is 12.9. The van der Waals surface area contributed by atoms with Crippen molar-refractivity contribution in [2.24, 2.45) is 0 Å². The molecule has 124 valence electrons. The minimum Gasteiger partial charge on any atom is -0.299 e. The smallest absolute Gasteiger partial charge is 0.264 e. The van der Waals surface area contributed by atoms with Crippen molar-refractivity contribution in [3.63, 3.8) is 0 Å². The molecule has 0 saturated carbocycles. The minimum absolute atomic E-state index is 0.159. The van der Waals surface area contributed by atoms with Gasteiger partial charge in [0.15, 0.2) is 5.65 Å². The molecule has 8 heteroatoms. The van der Waals surface area contributed by atoms with Crippen molar-refractivity contribution in [3.05, 3.63) is 53.2 Å². The van der Waals surface area contributed by atoms with Gasteiger partial charge in [-0.3, -0.25) is 19.4 Å². The molecule has 1 aromatic carbocycles. The van der Waals surface area contributed by atoms with Crippen molar-refractivity contribution in [2.45, 2.75) is 25.8 Å². The summed E-state index contributed by atoms with van der Waals surface area (Å²) in [6, 6.07) is 9.49. The Labute approximate surface area is 137 Å². The Morgan fingerprint density at radius 1 is 1.21 bits per heavy atom. The maximum Gasteiger partial charge on any atom is 0.264 e. The van der Waals surface area contributed by atoms with Crippen LogP contribution in [0.3, 0.4) is 0 Å². The summed E-state index contributed by atoms with van der Waals surface area (Å²) in [5.41, 5.74) is 2.78. The number of hydrogen-bond donors (Lipinski definition) is 2. The highest BCUT2D eigenvalue weighted by atomic mass is 16.5. The standard InChI is InChI=1S/C16H17N5O3/c22-14(19-24)8-4-5-9-20-11-17-15-13(16(20)23)10-18-21(15)12-6-2-1-3-7-12/h1-3,6-7,10-11,24H,4-5,8-9H2,(H,19,22). The van der Waals surface area contributed by atoms with E-state index < -0.39 is 5.91 Å². The third-order valence-electron chi connectivity index (χ3n) is 3.73. The first kappa shape index (κ1) is 15.9. The lowest BCUT2D eigenvalue weighted by atomic mass is 10.2. The first-order valence-electron chi connectivity index (χ1n) is 7.62. The highest BCUT2D eigenvalue weighted by Gasteiger charge is 2.11. The lowest BCUT2D eigenvalue weighted by molar-refractivity contribution is -0.129. The fraction of sp³-hybridized carbons (Fsp3) is 0.250. The van der Waals surface area contributed by atoms with Crippen molar-refractivity contribution in [2.75, 3.05) is 0 Å². The van der Waals surface area contributed by atoms with Gasteiger partial charge in [0.25, 0.3) is 5.56 Å². The number of hydroxylamine groups is 1. The Kier molecular flexibility index (Phi) is 4.66. The largest absolute Gasteiger partial charge is 0.299 e. The summed E-state index contributed by atoms with van der Waals surface area (Å²) in [5, 5.41) is 13.1. The summed E-state index contributed by atoms with van der Waals surface area (Å²) in [4.78, 5) is 27.8. The molecule has 0 spiro atoms. The van der Waals surface area contributed by atoms with Crippen LogP contribution >= 0.6 is 0 Å². The molecule has 0 radical (unpaired) electrons. The second-order valence-electron chi connectivity index (χ2n) is 5.36. The molecule has 3 aromatic rings. The van der Waals surface area contributed by atoms with Gasteiger partial charge in [0, 0.05) is 13.0 Å². The first-order valence-corrected chi connectivity index (χ1v) is 7.62. The molecule has 0 saturated heterocycles. The molecular weight excluding hydrogens is 310 g/mol. The van der Waals surface area contributed by atoms with Crippen molar-refractivity contribution in [1.29, 1.82) is 0 Å². The molecule has 3 rings (SSSR count). The molecule has 2 heterocycles. The Morgan fingerprint density at radius 2 is 2.00 bits per heavy atom. The van der Waals surface area contributed by atoms with Gasteiger partial charge in [-0.25, -0.2) is 15.1 Å². The number of nitrogens with one attached hydrogen (secondary N) is 1. The Balaban J connectivity index is 1.80. The molecule has 0 bridgehead atoms. The lowest BCUT2D eigenvalue weighted by Crippen LogP contribution is -2.21. The van der Waals surface area contributed by atoms with Crippen LogP contribution in [0.4, 0.5) is 0 Å². The van der Waals surface area contributed by atoms with Crippen LogP contribution in [0.5, 0.6) is 0 Å². The van der Waals surface area contributed by atoms with E-state index in [1.165, 1.54) is 17.1 Å². The summed E-state index contributed by atoms with van der Waals surface area (Å²) in [7, 11) is 0. The summed E-state index contributed by atoms with van der Waals surface area (Å²) in [6.07, 6.45) is 4.44. The Hall–Kier alpha value is -3.00. The molecule has 2 N–H and O–H groups in total. The van der Waals surface area contributed by atoms with Crippen molar-refractivity contribution in [1.82, 2.24) is 24.8 Å². The highest BCUT2D eigenvalue weighted by Crippen LogP contribution is 2.13. The molecule has 1 amide bonds. The van der Waals surface area contributed by atoms with Crippen LogP contribution < -0.4 is 11.0 Å². The number of para-hydroxylation sites is 1. The third kappa shape index (κ3) is 3.18. The molecule has 0 unspecified atom stereocenters. The molecule has 24 heavy (non-hydrogen) atoms. The monoisotopic (exact) mass is 327 g/mol. The maximum atomic E-state index is 12.5. The van der Waals surface area contributed by atoms with Gasteiger partial charge in [-0.05, 0) is 25.0 Å². The number of rotatable bonds is 6. The second kappa shape index (κ2) is 7.05. The zero-order valence-corrected chi connectivity index (χ0v) is 12.9. The Morgan fingerprint density at radius 3 is 2.75 bits per heavy atom. The van der Waals surface area contributed by atoms with Gasteiger partial charge in [0.1, 0.15) is 5.39 Å². The summed E-state index contributed by atoms with van der Waals surface area (Å²) in [6.45, 7) is 0.455. The van der Waals surface area contributed by atoms with Gasteiger partial charge in [-0.15, -0.1) is 0 Å². The summed E-state index contributed by atoms with van der Waals surface area (Å²) < 4.78 is 3.14. The van der Waals surface area contributed by atoms with Crippen LogP contribution in [-0.2, 0) is 11.3 Å². The van der Waals surface area contributed by atoms with Crippen LogP contribution in [0.2, 0.25) is 0 Å². The van der Waals surface area contributed by atoms with Gasteiger partial charge in [0.2, 0.25) is 5.91 Å². The molecule has 0 aliphatic heterocycles. The molecule has 2 aromatic heterocycles. The number of benzene rings is 1. The number of unbranched alkanes of at least 4 members (excludes halogenated alkanes) is 1. The number of amides is 1. The van der Waals surface area contributed by atoms with Crippen LogP contribution in [0.1, 0.15) is 19.3 Å². The minimum atomic E-state index is -0.430. The van der Waals surface area contributed by atoms with E-state index in [0.717, 1.165) is 5.69 Å². The average molecular weight is 327 g/mol. The van der Waals surface area contributed by atoms with Gasteiger partial charge >= 0.3 is 0 Å². The van der Waals surface area contributed by atoms with Crippen molar-refractivity contribution in [3.8, 4) is 5.69 Å². The Bertz CT molecular complexity index is 901. The summed E-state index contributed by atoms with van der Waals surface area (Å²) >= 11 is 0. The number of nitrogens with zero attached hydrogens (tertiary/aromatic N) is 4. The van der Waals surface area contributed by atoms with Gasteiger partial charge in [-0.1, -0.05) is 18.2 Å². The van der Waals surface area contributed by atoms with Crippen LogP contribution in [0.15, 0.2) is 47.7 Å². The first-order chi connectivity index (χ1) is 11.7. The maximum absolute atomic E-state index is 12.5. The number of aryl methyl sites for hydroxylation is 1. The van der Waals surface area contributed by atoms with Crippen molar-refractivity contribution < 1.29 is 10.0 Å².